The summed E-state index contributed by atoms with van der Waals surface area (Å²) in [4.78, 5) is 4.27. The van der Waals surface area contributed by atoms with Gasteiger partial charge >= 0.3 is 0 Å². The number of ether oxygens (including phenoxy) is 1. The normalized spacial score (nSPS) is 12.2. The van der Waals surface area contributed by atoms with Crippen molar-refractivity contribution in [2.45, 2.75) is 26.3 Å². The van der Waals surface area contributed by atoms with Crippen LogP contribution in [0.5, 0.6) is 11.6 Å². The zero-order chi connectivity index (χ0) is 13.0. The van der Waals surface area contributed by atoms with Crippen LogP contribution in [0, 0.1) is 0 Å². The van der Waals surface area contributed by atoms with E-state index in [4.69, 9.17) is 10.5 Å². The molecule has 0 saturated heterocycles. The van der Waals surface area contributed by atoms with Crippen LogP contribution < -0.4 is 10.5 Å². The first-order chi connectivity index (χ1) is 8.72. The van der Waals surface area contributed by atoms with Crippen molar-refractivity contribution >= 4 is 0 Å². The van der Waals surface area contributed by atoms with E-state index < -0.39 is 0 Å². The third kappa shape index (κ3) is 2.68. The van der Waals surface area contributed by atoms with E-state index in [1.54, 1.807) is 6.20 Å². The maximum atomic E-state index is 5.92. The third-order valence-electron chi connectivity index (χ3n) is 2.85. The van der Waals surface area contributed by atoms with Gasteiger partial charge in [0.1, 0.15) is 5.75 Å². The van der Waals surface area contributed by atoms with Crippen molar-refractivity contribution in [1.29, 1.82) is 0 Å². The minimum absolute atomic E-state index is 0.0949. The molecule has 1 heterocycles. The Morgan fingerprint density at radius 3 is 2.72 bits per heavy atom. The van der Waals surface area contributed by atoms with Gasteiger partial charge in [-0.25, -0.2) is 4.98 Å². The van der Waals surface area contributed by atoms with Crippen LogP contribution in [0.15, 0.2) is 42.6 Å². The predicted molar refractivity (Wildman–Crippen MR) is 72.7 cm³/mol. The lowest BCUT2D eigenvalue weighted by Crippen LogP contribution is -2.07. The molecule has 94 valence electrons. The van der Waals surface area contributed by atoms with Crippen LogP contribution in [0.4, 0.5) is 0 Å². The Labute approximate surface area is 108 Å². The maximum absolute atomic E-state index is 5.92. The highest BCUT2D eigenvalue weighted by atomic mass is 16.5. The van der Waals surface area contributed by atoms with Crippen LogP contribution >= 0.6 is 0 Å². The lowest BCUT2D eigenvalue weighted by atomic mass is 10.1. The number of hydrogen-bond acceptors (Lipinski definition) is 3. The molecule has 18 heavy (non-hydrogen) atoms. The van der Waals surface area contributed by atoms with Crippen molar-refractivity contribution in [3.8, 4) is 11.6 Å². The van der Waals surface area contributed by atoms with Crippen molar-refractivity contribution in [2.75, 3.05) is 0 Å². The van der Waals surface area contributed by atoms with Gasteiger partial charge < -0.3 is 10.5 Å². The molecule has 0 aliphatic heterocycles. The van der Waals surface area contributed by atoms with Crippen LogP contribution in [0.1, 0.15) is 31.0 Å². The highest BCUT2D eigenvalue weighted by Gasteiger charge is 2.11. The SMILES string of the molecule is CCc1ccccc1Oc1ncccc1[C@@H](C)N. The first-order valence-electron chi connectivity index (χ1n) is 6.18. The Balaban J connectivity index is 2.34. The van der Waals surface area contributed by atoms with E-state index in [-0.39, 0.29) is 6.04 Å². The fraction of sp³-hybridized carbons (Fsp3) is 0.267. The molecule has 1 atom stereocenters. The summed E-state index contributed by atoms with van der Waals surface area (Å²) in [5.74, 6) is 1.44. The number of nitrogens with zero attached hydrogens (tertiary/aromatic N) is 1. The second-order valence-corrected chi connectivity index (χ2v) is 4.25. The highest BCUT2D eigenvalue weighted by molar-refractivity contribution is 5.38. The number of para-hydroxylation sites is 1. The molecular weight excluding hydrogens is 224 g/mol. The molecule has 3 heteroatoms. The van der Waals surface area contributed by atoms with E-state index in [0.29, 0.717) is 5.88 Å². The molecule has 2 rings (SSSR count). The Morgan fingerprint density at radius 2 is 2.00 bits per heavy atom. The highest BCUT2D eigenvalue weighted by Crippen LogP contribution is 2.28. The Bertz CT molecular complexity index is 523. The van der Waals surface area contributed by atoms with Gasteiger partial charge in [0.2, 0.25) is 5.88 Å². The number of benzene rings is 1. The van der Waals surface area contributed by atoms with E-state index in [9.17, 15) is 0 Å². The molecule has 1 aromatic heterocycles. The van der Waals surface area contributed by atoms with Crippen molar-refractivity contribution < 1.29 is 4.74 Å². The largest absolute Gasteiger partial charge is 0.438 e. The number of pyridine rings is 1. The molecule has 3 nitrogen and oxygen atoms in total. The lowest BCUT2D eigenvalue weighted by molar-refractivity contribution is 0.447. The van der Waals surface area contributed by atoms with Crippen LogP contribution in [0.3, 0.4) is 0 Å². The smallest absolute Gasteiger partial charge is 0.223 e. The van der Waals surface area contributed by atoms with Crippen LogP contribution in [-0.2, 0) is 6.42 Å². The molecule has 0 amide bonds. The summed E-state index contributed by atoms with van der Waals surface area (Å²) in [7, 11) is 0. The summed E-state index contributed by atoms with van der Waals surface area (Å²) in [5.41, 5.74) is 8.00. The minimum atomic E-state index is -0.0949. The van der Waals surface area contributed by atoms with Gasteiger partial charge in [-0.3, -0.25) is 0 Å². The summed E-state index contributed by atoms with van der Waals surface area (Å²) in [5, 5.41) is 0. The van der Waals surface area contributed by atoms with Crippen molar-refractivity contribution in [1.82, 2.24) is 4.98 Å². The standard InChI is InChI=1S/C15H18N2O/c1-3-12-7-4-5-9-14(12)18-15-13(11(2)16)8-6-10-17-15/h4-11H,3,16H2,1-2H3/t11-/m1/s1. The summed E-state index contributed by atoms with van der Waals surface area (Å²) >= 11 is 0. The van der Waals surface area contributed by atoms with Gasteiger partial charge in [0, 0.05) is 17.8 Å². The maximum Gasteiger partial charge on any atom is 0.223 e. The molecule has 1 aromatic carbocycles. The molecule has 0 saturated carbocycles. The topological polar surface area (TPSA) is 48.1 Å². The molecule has 0 aliphatic carbocycles. The van der Waals surface area contributed by atoms with Gasteiger partial charge in [0.05, 0.1) is 0 Å². The van der Waals surface area contributed by atoms with Gasteiger partial charge in [-0.05, 0) is 31.0 Å². The first-order valence-corrected chi connectivity index (χ1v) is 6.18. The molecule has 0 aliphatic rings. The van der Waals surface area contributed by atoms with Crippen molar-refractivity contribution in [2.24, 2.45) is 5.73 Å². The minimum Gasteiger partial charge on any atom is -0.438 e. The van der Waals surface area contributed by atoms with E-state index in [0.717, 1.165) is 17.7 Å². The summed E-state index contributed by atoms with van der Waals surface area (Å²) in [6, 6.07) is 11.7. The summed E-state index contributed by atoms with van der Waals surface area (Å²) in [6.45, 7) is 4.03. The Kier molecular flexibility index (Phi) is 3.95. The molecule has 2 N–H and O–H groups in total. The number of rotatable bonds is 4. The number of hydrogen-bond donors (Lipinski definition) is 1. The molecule has 2 aromatic rings. The van der Waals surface area contributed by atoms with E-state index in [1.807, 2.05) is 37.3 Å². The fourth-order valence-corrected chi connectivity index (χ4v) is 1.83. The van der Waals surface area contributed by atoms with Crippen molar-refractivity contribution in [3.63, 3.8) is 0 Å². The number of aryl methyl sites for hydroxylation is 1. The number of nitrogens with two attached hydrogens (primary N) is 1. The average Bonchev–Trinajstić information content (AvgIpc) is 2.40. The third-order valence-corrected chi connectivity index (χ3v) is 2.85. The van der Waals surface area contributed by atoms with Crippen LogP contribution in [-0.4, -0.2) is 4.98 Å². The summed E-state index contributed by atoms with van der Waals surface area (Å²) in [6.07, 6.45) is 2.65. The summed E-state index contributed by atoms with van der Waals surface area (Å²) < 4.78 is 5.90. The second-order valence-electron chi connectivity index (χ2n) is 4.25. The monoisotopic (exact) mass is 242 g/mol. The molecule has 0 spiro atoms. The first kappa shape index (κ1) is 12.6. The molecule has 0 radical (unpaired) electrons. The van der Waals surface area contributed by atoms with Crippen molar-refractivity contribution in [3.05, 3.63) is 53.7 Å². The van der Waals surface area contributed by atoms with Gasteiger partial charge in [-0.15, -0.1) is 0 Å². The van der Waals surface area contributed by atoms with Gasteiger partial charge in [0.25, 0.3) is 0 Å². The quantitative estimate of drug-likeness (QED) is 0.893. The van der Waals surface area contributed by atoms with Crippen LogP contribution in [0.2, 0.25) is 0 Å². The van der Waals surface area contributed by atoms with Gasteiger partial charge in [-0.2, -0.15) is 0 Å². The van der Waals surface area contributed by atoms with Gasteiger partial charge in [-0.1, -0.05) is 31.2 Å². The molecule has 0 unspecified atom stereocenters. The number of aromatic nitrogens is 1. The zero-order valence-corrected chi connectivity index (χ0v) is 10.8. The average molecular weight is 242 g/mol. The van der Waals surface area contributed by atoms with E-state index >= 15 is 0 Å². The molecule has 0 fully saturated rings. The second kappa shape index (κ2) is 5.65. The fourth-order valence-electron chi connectivity index (χ4n) is 1.83. The predicted octanol–water partition coefficient (Wildman–Crippen LogP) is 3.46. The Morgan fingerprint density at radius 1 is 1.22 bits per heavy atom. The van der Waals surface area contributed by atoms with E-state index in [1.165, 1.54) is 5.56 Å². The van der Waals surface area contributed by atoms with Crippen LogP contribution in [0.25, 0.3) is 0 Å². The molecule has 0 bridgehead atoms. The van der Waals surface area contributed by atoms with Gasteiger partial charge in [0.15, 0.2) is 0 Å². The van der Waals surface area contributed by atoms with E-state index in [2.05, 4.69) is 18.0 Å². The lowest BCUT2D eigenvalue weighted by Gasteiger charge is -2.14. The molecular formula is C15H18N2O. The zero-order valence-electron chi connectivity index (χ0n) is 10.8. The Hall–Kier alpha value is -1.87.